The highest BCUT2D eigenvalue weighted by molar-refractivity contribution is 8.15. The number of hydrogen-bond acceptors (Lipinski definition) is 4. The number of halogens is 3. The van der Waals surface area contributed by atoms with Gasteiger partial charge < -0.3 is 5.32 Å². The molecule has 1 fully saturated rings. The number of amides is 2. The molecule has 2 aromatic carbocycles. The first kappa shape index (κ1) is 27.9. The second-order valence-electron chi connectivity index (χ2n) is 9.32. The van der Waals surface area contributed by atoms with Crippen molar-refractivity contribution in [3.05, 3.63) is 56.5 Å². The van der Waals surface area contributed by atoms with Gasteiger partial charge in [0.25, 0.3) is 0 Å². The molecule has 1 aliphatic rings. The molecule has 2 aromatic rings. The van der Waals surface area contributed by atoms with Crippen LogP contribution >= 0.6 is 46.6 Å². The van der Waals surface area contributed by atoms with Gasteiger partial charge in [-0.1, -0.05) is 72.5 Å². The summed E-state index contributed by atoms with van der Waals surface area (Å²) in [6.45, 7) is 10.4. The van der Waals surface area contributed by atoms with Crippen molar-refractivity contribution in [2.45, 2.75) is 65.2 Å². The molecule has 0 radical (unpaired) electrons. The van der Waals surface area contributed by atoms with Gasteiger partial charge in [0, 0.05) is 12.5 Å². The number of amidine groups is 1. The molecule has 2 amide bonds. The van der Waals surface area contributed by atoms with E-state index in [0.29, 0.717) is 21.8 Å². The summed E-state index contributed by atoms with van der Waals surface area (Å²) >= 11 is 19.6. The Bertz CT molecular complexity index is 1150. The smallest absolute Gasteiger partial charge is 0.242 e. The minimum Gasteiger partial charge on any atom is -0.325 e. The van der Waals surface area contributed by atoms with Gasteiger partial charge in [0.1, 0.15) is 5.25 Å². The number of nitrogens with one attached hydrogen (secondary N) is 1. The lowest BCUT2D eigenvalue weighted by molar-refractivity contribution is -0.129. The van der Waals surface area contributed by atoms with Crippen molar-refractivity contribution in [1.29, 1.82) is 0 Å². The van der Waals surface area contributed by atoms with E-state index in [4.69, 9.17) is 39.8 Å². The molecule has 188 valence electrons. The molecule has 0 spiro atoms. The number of carbonyl (C=O) groups is 2. The van der Waals surface area contributed by atoms with E-state index in [9.17, 15) is 9.59 Å². The molecular formula is C26H30Cl3N3O2S. The Hall–Kier alpha value is -1.73. The molecule has 35 heavy (non-hydrogen) atoms. The molecule has 0 bridgehead atoms. The van der Waals surface area contributed by atoms with Crippen molar-refractivity contribution in [2.75, 3.05) is 5.32 Å². The Morgan fingerprint density at radius 3 is 2.43 bits per heavy atom. The molecule has 0 aromatic heterocycles. The molecule has 1 aliphatic heterocycles. The SMILES string of the molecule is Cc1ccc(C)c(N=C2SC(CC(=O)Nc3cc(Cl)c(Cl)cc3Cl)C(=O)N2C(C)CCC(C)C)c1. The summed E-state index contributed by atoms with van der Waals surface area (Å²) in [5.41, 5.74) is 3.31. The second-order valence-corrected chi connectivity index (χ2v) is 11.7. The summed E-state index contributed by atoms with van der Waals surface area (Å²) < 4.78 is 0. The van der Waals surface area contributed by atoms with Crippen molar-refractivity contribution in [3.63, 3.8) is 0 Å². The van der Waals surface area contributed by atoms with Crippen LogP contribution in [0.25, 0.3) is 0 Å². The predicted octanol–water partition coefficient (Wildman–Crippen LogP) is 8.05. The third-order valence-electron chi connectivity index (χ3n) is 5.80. The first-order chi connectivity index (χ1) is 16.5. The standard InChI is InChI=1S/C26H30Cl3N3O2S/c1-14(2)6-9-17(5)32-25(34)23(35-26(32)31-21-10-15(3)7-8-16(21)4)13-24(33)30-22-12-19(28)18(27)11-20(22)29/h7-8,10-12,14,17,23H,6,9,13H2,1-5H3,(H,30,33). The number of hydrogen-bond donors (Lipinski definition) is 1. The molecule has 1 saturated heterocycles. The van der Waals surface area contributed by atoms with Gasteiger partial charge >= 0.3 is 0 Å². The highest BCUT2D eigenvalue weighted by Gasteiger charge is 2.41. The van der Waals surface area contributed by atoms with Gasteiger partial charge in [-0.2, -0.15) is 0 Å². The van der Waals surface area contributed by atoms with Crippen LogP contribution in [0.1, 0.15) is 51.2 Å². The Balaban J connectivity index is 1.84. The van der Waals surface area contributed by atoms with Crippen LogP contribution in [0, 0.1) is 19.8 Å². The van der Waals surface area contributed by atoms with Gasteiger partial charge in [0.05, 0.1) is 26.4 Å². The van der Waals surface area contributed by atoms with Crippen LogP contribution in [0.5, 0.6) is 0 Å². The lowest BCUT2D eigenvalue weighted by atomic mass is 10.0. The quantitative estimate of drug-likeness (QED) is 0.336. The summed E-state index contributed by atoms with van der Waals surface area (Å²) in [4.78, 5) is 33.0. The first-order valence-electron chi connectivity index (χ1n) is 11.6. The van der Waals surface area contributed by atoms with Crippen LogP contribution in [-0.4, -0.2) is 33.2 Å². The lowest BCUT2D eigenvalue weighted by Gasteiger charge is -2.25. The number of anilines is 1. The van der Waals surface area contributed by atoms with Crippen molar-refractivity contribution in [2.24, 2.45) is 10.9 Å². The summed E-state index contributed by atoms with van der Waals surface area (Å²) in [7, 11) is 0. The maximum atomic E-state index is 13.5. The van der Waals surface area contributed by atoms with Gasteiger partial charge in [0.15, 0.2) is 5.17 Å². The maximum absolute atomic E-state index is 13.5. The molecule has 1 N–H and O–H groups in total. The Labute approximate surface area is 226 Å². The van der Waals surface area contributed by atoms with Crippen LogP contribution in [0.3, 0.4) is 0 Å². The molecule has 2 atom stereocenters. The van der Waals surface area contributed by atoms with E-state index in [1.807, 2.05) is 39.0 Å². The Morgan fingerprint density at radius 2 is 1.74 bits per heavy atom. The van der Waals surface area contributed by atoms with Crippen molar-refractivity contribution >= 4 is 74.9 Å². The van der Waals surface area contributed by atoms with E-state index < -0.39 is 5.25 Å². The second kappa shape index (κ2) is 12.0. The van der Waals surface area contributed by atoms with Crippen LogP contribution in [0.15, 0.2) is 35.3 Å². The normalized spacial score (nSPS) is 18.0. The van der Waals surface area contributed by atoms with Gasteiger partial charge in [-0.25, -0.2) is 4.99 Å². The summed E-state index contributed by atoms with van der Waals surface area (Å²) in [6.07, 6.45) is 1.83. The van der Waals surface area contributed by atoms with E-state index >= 15 is 0 Å². The van der Waals surface area contributed by atoms with Crippen LogP contribution in [0.2, 0.25) is 15.1 Å². The molecule has 2 unspecified atom stereocenters. The number of carbonyl (C=O) groups excluding carboxylic acids is 2. The third-order valence-corrected chi connectivity index (χ3v) is 7.99. The van der Waals surface area contributed by atoms with Crippen LogP contribution in [0.4, 0.5) is 11.4 Å². The number of benzene rings is 2. The Morgan fingerprint density at radius 1 is 1.06 bits per heavy atom. The monoisotopic (exact) mass is 553 g/mol. The van der Waals surface area contributed by atoms with Crippen LogP contribution in [-0.2, 0) is 9.59 Å². The zero-order valence-corrected chi connectivity index (χ0v) is 23.6. The Kier molecular flexibility index (Phi) is 9.55. The average molecular weight is 555 g/mol. The fourth-order valence-corrected chi connectivity index (χ4v) is 5.57. The summed E-state index contributed by atoms with van der Waals surface area (Å²) in [5.74, 6) is 0.0874. The number of rotatable bonds is 8. The highest BCUT2D eigenvalue weighted by atomic mass is 35.5. The van der Waals surface area contributed by atoms with Gasteiger partial charge in [-0.15, -0.1) is 0 Å². The molecule has 1 heterocycles. The van der Waals surface area contributed by atoms with E-state index in [1.54, 1.807) is 4.90 Å². The molecule has 9 heteroatoms. The number of thioether (sulfide) groups is 1. The zero-order chi connectivity index (χ0) is 25.9. The van der Waals surface area contributed by atoms with E-state index in [0.717, 1.165) is 29.7 Å². The minimum absolute atomic E-state index is 0.0146. The van der Waals surface area contributed by atoms with Crippen molar-refractivity contribution < 1.29 is 9.59 Å². The molecular weight excluding hydrogens is 525 g/mol. The van der Waals surface area contributed by atoms with E-state index in [-0.39, 0.29) is 34.3 Å². The number of aliphatic imine (C=N–C) groups is 1. The van der Waals surface area contributed by atoms with Gasteiger partial charge in [0.2, 0.25) is 11.8 Å². The average Bonchev–Trinajstić information content (AvgIpc) is 3.07. The first-order valence-corrected chi connectivity index (χ1v) is 13.6. The van der Waals surface area contributed by atoms with Gasteiger partial charge in [-0.05, 0) is 68.9 Å². The molecule has 0 saturated carbocycles. The molecule has 0 aliphatic carbocycles. The fraction of sp³-hybridized carbons (Fsp3) is 0.423. The van der Waals surface area contributed by atoms with Crippen molar-refractivity contribution in [1.82, 2.24) is 4.90 Å². The van der Waals surface area contributed by atoms with Gasteiger partial charge in [-0.3, -0.25) is 14.5 Å². The van der Waals surface area contributed by atoms with E-state index in [1.165, 1.54) is 23.9 Å². The topological polar surface area (TPSA) is 61.8 Å². The summed E-state index contributed by atoms with van der Waals surface area (Å²) in [6, 6.07) is 9.02. The van der Waals surface area contributed by atoms with Crippen LogP contribution < -0.4 is 5.32 Å². The number of nitrogens with zero attached hydrogens (tertiary/aromatic N) is 2. The minimum atomic E-state index is -0.582. The fourth-order valence-electron chi connectivity index (χ4n) is 3.73. The van der Waals surface area contributed by atoms with Crippen molar-refractivity contribution in [3.8, 4) is 0 Å². The third kappa shape index (κ3) is 7.16. The largest absolute Gasteiger partial charge is 0.325 e. The predicted molar refractivity (Wildman–Crippen MR) is 149 cm³/mol. The lowest BCUT2D eigenvalue weighted by Crippen LogP contribution is -2.40. The summed E-state index contributed by atoms with van der Waals surface area (Å²) in [5, 5.41) is 3.66. The molecule has 3 rings (SSSR count). The number of aryl methyl sites for hydroxylation is 2. The highest BCUT2D eigenvalue weighted by Crippen LogP contribution is 2.36. The maximum Gasteiger partial charge on any atom is 0.242 e. The molecule has 5 nitrogen and oxygen atoms in total. The van der Waals surface area contributed by atoms with E-state index in [2.05, 4.69) is 19.2 Å². The zero-order valence-electron chi connectivity index (χ0n) is 20.5.